The number of guanidine groups is 1. The average Bonchev–Trinajstić information content (AvgIpc) is 2.59. The third kappa shape index (κ3) is 3.01. The molecule has 0 bridgehead atoms. The monoisotopic (exact) mass is 479 g/mol. The molecule has 2 aliphatic rings. The predicted octanol–water partition coefficient (Wildman–Crippen LogP) is 4.32. The van der Waals surface area contributed by atoms with E-state index in [2.05, 4.69) is 46.9 Å². The summed E-state index contributed by atoms with van der Waals surface area (Å²) in [5.74, 6) is 0.324. The molecule has 1 aliphatic heterocycles. The molecule has 4 rings (SSSR count). The lowest BCUT2D eigenvalue weighted by Crippen LogP contribution is -2.49. The Bertz CT molecular complexity index is 922. The third-order valence-corrected chi connectivity index (χ3v) is 6.17. The van der Waals surface area contributed by atoms with Crippen LogP contribution in [0.2, 0.25) is 5.02 Å². The maximum Gasteiger partial charge on any atom is 0.231 e. The first-order valence-corrected chi connectivity index (χ1v) is 10.1. The van der Waals surface area contributed by atoms with E-state index in [0.717, 1.165) is 44.5 Å². The van der Waals surface area contributed by atoms with Gasteiger partial charge in [0.15, 0.2) is 5.96 Å². The Morgan fingerprint density at radius 1 is 1.23 bits per heavy atom. The number of benzene rings is 2. The van der Waals surface area contributed by atoms with Crippen LogP contribution in [0, 0.1) is 3.57 Å². The van der Waals surface area contributed by atoms with Crippen LogP contribution in [0.25, 0.3) is 11.1 Å². The van der Waals surface area contributed by atoms with Crippen LogP contribution in [0.1, 0.15) is 30.4 Å². The molecule has 134 valence electrons. The number of fused-ring (bicyclic) bond motifs is 2. The number of aliphatic imine (C=N–C) groups is 1. The van der Waals surface area contributed by atoms with Gasteiger partial charge in [0, 0.05) is 15.6 Å². The Hall–Kier alpha value is -1.60. The lowest BCUT2D eigenvalue weighted by atomic mass is 9.73. The predicted molar refractivity (Wildman–Crippen MR) is 113 cm³/mol. The molecule has 1 spiro atoms. The maximum absolute atomic E-state index is 12.5. The van der Waals surface area contributed by atoms with Crippen LogP contribution in [0.5, 0.6) is 0 Å². The smallest absolute Gasteiger partial charge is 0.231 e. The van der Waals surface area contributed by atoms with Crippen molar-refractivity contribution in [2.45, 2.75) is 31.2 Å². The van der Waals surface area contributed by atoms with Gasteiger partial charge in [0.1, 0.15) is 0 Å². The van der Waals surface area contributed by atoms with Gasteiger partial charge in [0.05, 0.1) is 12.0 Å². The Morgan fingerprint density at radius 3 is 2.77 bits per heavy atom. The van der Waals surface area contributed by atoms with Crippen molar-refractivity contribution in [2.24, 2.45) is 10.7 Å². The van der Waals surface area contributed by atoms with E-state index >= 15 is 0 Å². The van der Waals surface area contributed by atoms with Crippen molar-refractivity contribution < 1.29 is 4.79 Å². The molecule has 0 saturated heterocycles. The molecule has 0 aromatic heterocycles. The Kier molecular flexibility index (Phi) is 4.47. The van der Waals surface area contributed by atoms with E-state index in [9.17, 15) is 4.79 Å². The molecule has 4 nitrogen and oxygen atoms in total. The van der Waals surface area contributed by atoms with Gasteiger partial charge in [-0.3, -0.25) is 9.69 Å². The van der Waals surface area contributed by atoms with Crippen molar-refractivity contribution in [3.63, 3.8) is 0 Å². The van der Waals surface area contributed by atoms with Crippen molar-refractivity contribution >= 4 is 46.1 Å². The largest absolute Gasteiger partial charge is 0.369 e. The van der Waals surface area contributed by atoms with Crippen molar-refractivity contribution in [1.29, 1.82) is 0 Å². The van der Waals surface area contributed by atoms with Crippen molar-refractivity contribution in [2.75, 3.05) is 7.05 Å². The number of hydrogen-bond donors (Lipinski definition) is 1. The van der Waals surface area contributed by atoms with E-state index in [1.54, 1.807) is 7.05 Å². The highest BCUT2D eigenvalue weighted by molar-refractivity contribution is 14.1. The second kappa shape index (κ2) is 6.53. The summed E-state index contributed by atoms with van der Waals surface area (Å²) >= 11 is 8.52. The van der Waals surface area contributed by atoms with Crippen molar-refractivity contribution in [1.82, 2.24) is 4.90 Å². The van der Waals surface area contributed by atoms with Gasteiger partial charge in [0.2, 0.25) is 5.91 Å². The Balaban J connectivity index is 1.87. The molecule has 0 fully saturated rings. The first-order chi connectivity index (χ1) is 12.4. The molecule has 1 heterocycles. The lowest BCUT2D eigenvalue weighted by molar-refractivity contribution is -0.128. The van der Waals surface area contributed by atoms with Crippen LogP contribution in [-0.4, -0.2) is 23.8 Å². The van der Waals surface area contributed by atoms with Gasteiger partial charge in [0.25, 0.3) is 0 Å². The number of carbonyl (C=O) groups is 1. The van der Waals surface area contributed by atoms with Crippen LogP contribution in [0.3, 0.4) is 0 Å². The minimum atomic E-state index is -0.539. The summed E-state index contributed by atoms with van der Waals surface area (Å²) in [5, 5.41) is 0.719. The number of halogens is 2. The van der Waals surface area contributed by atoms with E-state index in [-0.39, 0.29) is 5.91 Å². The number of carbonyl (C=O) groups excluding carboxylic acids is 1. The summed E-state index contributed by atoms with van der Waals surface area (Å²) in [5.41, 5.74) is 10.1. The second-order valence-electron chi connectivity index (χ2n) is 7.01. The fourth-order valence-corrected chi connectivity index (χ4v) is 5.05. The zero-order valence-electron chi connectivity index (χ0n) is 14.4. The summed E-state index contributed by atoms with van der Waals surface area (Å²) < 4.78 is 1.09. The molecule has 0 saturated carbocycles. The van der Waals surface area contributed by atoms with E-state index < -0.39 is 5.54 Å². The van der Waals surface area contributed by atoms with Gasteiger partial charge >= 0.3 is 0 Å². The van der Waals surface area contributed by atoms with Gasteiger partial charge in [-0.1, -0.05) is 23.7 Å². The number of hydrogen-bond acceptors (Lipinski definition) is 3. The summed E-state index contributed by atoms with van der Waals surface area (Å²) in [7, 11) is 1.68. The van der Waals surface area contributed by atoms with Gasteiger partial charge in [-0.25, -0.2) is 4.99 Å². The fourth-order valence-electron chi connectivity index (χ4n) is 3.96. The van der Waals surface area contributed by atoms with E-state index in [1.165, 1.54) is 10.5 Å². The molecular weight excluding hydrogens is 461 g/mol. The molecule has 26 heavy (non-hydrogen) atoms. The minimum absolute atomic E-state index is 0.0213. The quantitative estimate of drug-likeness (QED) is 0.619. The zero-order valence-corrected chi connectivity index (χ0v) is 17.3. The highest BCUT2D eigenvalue weighted by Crippen LogP contribution is 2.44. The number of amides is 1. The Labute approximate surface area is 171 Å². The van der Waals surface area contributed by atoms with Crippen molar-refractivity contribution in [3.8, 4) is 11.1 Å². The van der Waals surface area contributed by atoms with Gasteiger partial charge in [-0.2, -0.15) is 0 Å². The second-order valence-corrected chi connectivity index (χ2v) is 8.70. The molecule has 6 heteroatoms. The number of nitrogens with zero attached hydrogens (tertiary/aromatic N) is 2. The van der Waals surface area contributed by atoms with E-state index in [0.29, 0.717) is 12.4 Å². The van der Waals surface area contributed by atoms with Crippen LogP contribution >= 0.6 is 34.2 Å². The van der Waals surface area contributed by atoms with E-state index in [1.807, 2.05) is 12.1 Å². The standard InChI is InChI=1S/C20H19ClIN3O/c1-25-18(26)11-20(24-19(25)23)6-2-3-12-4-5-13(9-17(12)20)14-7-15(21)10-16(22)8-14/h4-5,7-10H,2-3,6,11H2,1H3,(H2,23,24)/t20-/m0/s1. The lowest BCUT2D eigenvalue weighted by Gasteiger charge is -2.40. The summed E-state index contributed by atoms with van der Waals surface area (Å²) in [6.07, 6.45) is 3.23. The minimum Gasteiger partial charge on any atom is -0.369 e. The highest BCUT2D eigenvalue weighted by atomic mass is 127. The molecule has 1 aliphatic carbocycles. The molecule has 0 unspecified atom stereocenters. The van der Waals surface area contributed by atoms with Crippen LogP contribution < -0.4 is 5.73 Å². The van der Waals surface area contributed by atoms with Crippen LogP contribution in [0.15, 0.2) is 41.4 Å². The zero-order chi connectivity index (χ0) is 18.5. The molecule has 2 aromatic rings. The Morgan fingerprint density at radius 2 is 2.04 bits per heavy atom. The molecule has 2 aromatic carbocycles. The number of aryl methyl sites for hydroxylation is 1. The van der Waals surface area contributed by atoms with Crippen LogP contribution in [-0.2, 0) is 16.8 Å². The summed E-state index contributed by atoms with van der Waals surface area (Å²) in [4.78, 5) is 18.7. The molecule has 2 N–H and O–H groups in total. The molecule has 1 amide bonds. The topological polar surface area (TPSA) is 58.7 Å². The van der Waals surface area contributed by atoms with E-state index in [4.69, 9.17) is 22.3 Å². The molecule has 0 radical (unpaired) electrons. The summed E-state index contributed by atoms with van der Waals surface area (Å²) in [6.45, 7) is 0. The number of rotatable bonds is 1. The number of nitrogens with two attached hydrogens (primary N) is 1. The van der Waals surface area contributed by atoms with Gasteiger partial charge in [-0.05, 0) is 88.4 Å². The SMILES string of the molecule is CN1C(=O)C[C@]2(CCCc3ccc(-c4cc(Cl)cc(I)c4)cc32)N=C1N. The third-order valence-electron chi connectivity index (χ3n) is 5.33. The van der Waals surface area contributed by atoms with Gasteiger partial charge in [-0.15, -0.1) is 0 Å². The molecule has 1 atom stereocenters. The summed E-state index contributed by atoms with van der Waals surface area (Å²) in [6, 6.07) is 12.5. The first kappa shape index (κ1) is 17.8. The van der Waals surface area contributed by atoms with Crippen LogP contribution in [0.4, 0.5) is 0 Å². The van der Waals surface area contributed by atoms with Crippen molar-refractivity contribution in [3.05, 3.63) is 56.1 Å². The fraction of sp³-hybridized carbons (Fsp3) is 0.300. The highest BCUT2D eigenvalue weighted by Gasteiger charge is 2.42. The first-order valence-electron chi connectivity index (χ1n) is 8.60. The molecular formula is C20H19ClIN3O. The maximum atomic E-state index is 12.5. The average molecular weight is 480 g/mol. The normalized spacial score (nSPS) is 22.3. The van der Waals surface area contributed by atoms with Gasteiger partial charge < -0.3 is 5.73 Å².